The van der Waals surface area contributed by atoms with Crippen molar-refractivity contribution >= 4 is 21.5 Å². The minimum absolute atomic E-state index is 0.0117. The monoisotopic (exact) mass is 550 g/mol. The molecular formula is C43H34. The lowest BCUT2D eigenvalue weighted by Gasteiger charge is -2.22. The fourth-order valence-corrected chi connectivity index (χ4v) is 7.38. The van der Waals surface area contributed by atoms with E-state index in [2.05, 4.69) is 161 Å². The van der Waals surface area contributed by atoms with Gasteiger partial charge in [0.1, 0.15) is 0 Å². The first kappa shape index (κ1) is 25.7. The van der Waals surface area contributed by atoms with Gasteiger partial charge >= 0.3 is 0 Å². The summed E-state index contributed by atoms with van der Waals surface area (Å²) >= 11 is 0. The molecule has 0 fully saturated rings. The smallest absolute Gasteiger partial charge is 0.0158 e. The maximum atomic E-state index is 2.45. The van der Waals surface area contributed by atoms with Gasteiger partial charge in [-0.1, -0.05) is 135 Å². The second kappa shape index (κ2) is 9.54. The van der Waals surface area contributed by atoms with Crippen molar-refractivity contribution in [1.29, 1.82) is 0 Å². The minimum atomic E-state index is -0.0117. The van der Waals surface area contributed by atoms with Crippen LogP contribution in [0.25, 0.3) is 66.1 Å². The van der Waals surface area contributed by atoms with Crippen molar-refractivity contribution in [3.63, 3.8) is 0 Å². The maximum absolute atomic E-state index is 2.45. The summed E-state index contributed by atoms with van der Waals surface area (Å²) in [5.74, 6) is 0. The van der Waals surface area contributed by atoms with Gasteiger partial charge in [0.15, 0.2) is 0 Å². The SMILES string of the molecule is Cc1ccc(-c2c3ccccc3c(-c3ccc4c(c3)-c3ccccc3C4(C)C)c3cc(-c4ccccc4)ccc23)cc1C. The Morgan fingerprint density at radius 1 is 0.372 bits per heavy atom. The van der Waals surface area contributed by atoms with Gasteiger partial charge in [-0.2, -0.15) is 0 Å². The minimum Gasteiger partial charge on any atom is -0.0622 e. The molecule has 0 heterocycles. The zero-order valence-electron chi connectivity index (χ0n) is 25.2. The maximum Gasteiger partial charge on any atom is 0.0158 e. The van der Waals surface area contributed by atoms with Crippen molar-refractivity contribution < 1.29 is 0 Å². The molecule has 1 aliphatic rings. The zero-order chi connectivity index (χ0) is 29.3. The highest BCUT2D eigenvalue weighted by molar-refractivity contribution is 6.22. The van der Waals surface area contributed by atoms with Gasteiger partial charge in [0.05, 0.1) is 0 Å². The van der Waals surface area contributed by atoms with Gasteiger partial charge in [-0.3, -0.25) is 0 Å². The van der Waals surface area contributed by atoms with Crippen molar-refractivity contribution in [2.45, 2.75) is 33.1 Å². The summed E-state index contributed by atoms with van der Waals surface area (Å²) in [4.78, 5) is 0. The predicted octanol–water partition coefficient (Wildman–Crippen LogP) is 11.9. The van der Waals surface area contributed by atoms with Crippen LogP contribution in [0.3, 0.4) is 0 Å². The van der Waals surface area contributed by atoms with Crippen LogP contribution in [0.4, 0.5) is 0 Å². The van der Waals surface area contributed by atoms with Gasteiger partial charge in [0.2, 0.25) is 0 Å². The summed E-state index contributed by atoms with van der Waals surface area (Å²) in [6.45, 7) is 9.12. The molecule has 0 aromatic heterocycles. The summed E-state index contributed by atoms with van der Waals surface area (Å²) in [6.07, 6.45) is 0. The van der Waals surface area contributed by atoms with E-state index in [4.69, 9.17) is 0 Å². The van der Waals surface area contributed by atoms with Crippen LogP contribution in [0, 0.1) is 13.8 Å². The standard InChI is InChI=1S/C43H34/c1-27-18-19-31(24-28(27)2)41-34-15-8-9-16-35(34)42(38-25-30(20-22-36(38)41)29-12-6-5-7-13-29)32-21-23-40-37(26-32)33-14-10-11-17-39(33)43(40,3)4/h5-26H,1-4H3. The van der Waals surface area contributed by atoms with Crippen LogP contribution in [-0.2, 0) is 5.41 Å². The van der Waals surface area contributed by atoms with Crippen LogP contribution < -0.4 is 0 Å². The summed E-state index contributed by atoms with van der Waals surface area (Å²) in [5, 5.41) is 5.16. The molecule has 0 N–H and O–H groups in total. The number of hydrogen-bond acceptors (Lipinski definition) is 0. The second-order valence-corrected chi connectivity index (χ2v) is 12.7. The van der Waals surface area contributed by atoms with Crippen LogP contribution in [0.5, 0.6) is 0 Å². The summed E-state index contributed by atoms with van der Waals surface area (Å²) < 4.78 is 0. The van der Waals surface area contributed by atoms with Gasteiger partial charge in [-0.15, -0.1) is 0 Å². The molecule has 0 unspecified atom stereocenters. The molecule has 0 radical (unpaired) electrons. The first-order valence-electron chi connectivity index (χ1n) is 15.3. The van der Waals surface area contributed by atoms with Crippen LogP contribution >= 0.6 is 0 Å². The molecule has 0 atom stereocenters. The molecule has 0 spiro atoms. The number of rotatable bonds is 3. The number of hydrogen-bond donors (Lipinski definition) is 0. The van der Waals surface area contributed by atoms with E-state index in [0.29, 0.717) is 0 Å². The van der Waals surface area contributed by atoms with E-state index < -0.39 is 0 Å². The molecule has 7 aromatic rings. The highest BCUT2D eigenvalue weighted by Gasteiger charge is 2.35. The van der Waals surface area contributed by atoms with Crippen LogP contribution in [-0.4, -0.2) is 0 Å². The molecule has 0 nitrogen and oxygen atoms in total. The summed E-state index contributed by atoms with van der Waals surface area (Å²) in [7, 11) is 0. The van der Waals surface area contributed by atoms with Crippen LogP contribution in [0.15, 0.2) is 133 Å². The van der Waals surface area contributed by atoms with E-state index in [1.807, 2.05) is 0 Å². The topological polar surface area (TPSA) is 0 Å². The van der Waals surface area contributed by atoms with Crippen molar-refractivity contribution in [2.75, 3.05) is 0 Å². The highest BCUT2D eigenvalue weighted by Crippen LogP contribution is 2.51. The van der Waals surface area contributed by atoms with Crippen molar-refractivity contribution in [1.82, 2.24) is 0 Å². The van der Waals surface area contributed by atoms with E-state index in [0.717, 1.165) is 0 Å². The summed E-state index contributed by atoms with van der Waals surface area (Å²) in [5.41, 5.74) is 15.8. The first-order chi connectivity index (χ1) is 20.9. The van der Waals surface area contributed by atoms with E-state index in [1.54, 1.807) is 0 Å². The Kier molecular flexibility index (Phi) is 5.71. The molecule has 7 aromatic carbocycles. The van der Waals surface area contributed by atoms with Crippen LogP contribution in [0.1, 0.15) is 36.1 Å². The Hall–Kier alpha value is -4.94. The molecule has 206 valence electrons. The van der Waals surface area contributed by atoms with E-state index >= 15 is 0 Å². The molecule has 0 bridgehead atoms. The van der Waals surface area contributed by atoms with Crippen molar-refractivity contribution in [2.24, 2.45) is 0 Å². The van der Waals surface area contributed by atoms with E-state index in [9.17, 15) is 0 Å². The molecule has 0 aliphatic heterocycles. The Morgan fingerprint density at radius 3 is 1.72 bits per heavy atom. The quantitative estimate of drug-likeness (QED) is 0.192. The lowest BCUT2D eigenvalue weighted by Crippen LogP contribution is -2.14. The molecule has 8 rings (SSSR count). The fourth-order valence-electron chi connectivity index (χ4n) is 7.38. The van der Waals surface area contributed by atoms with Gasteiger partial charge in [0, 0.05) is 5.41 Å². The van der Waals surface area contributed by atoms with E-state index in [-0.39, 0.29) is 5.41 Å². The molecule has 0 saturated heterocycles. The van der Waals surface area contributed by atoms with Crippen molar-refractivity contribution in [3.8, 4) is 44.5 Å². The Labute approximate surface area is 254 Å². The van der Waals surface area contributed by atoms with Crippen molar-refractivity contribution in [3.05, 3.63) is 156 Å². The summed E-state index contributed by atoms with van der Waals surface area (Å²) in [6, 6.07) is 49.8. The fraction of sp³-hybridized carbons (Fsp3) is 0.116. The highest BCUT2D eigenvalue weighted by atomic mass is 14.4. The third-order valence-corrected chi connectivity index (χ3v) is 9.80. The Bertz CT molecular complexity index is 2210. The largest absolute Gasteiger partial charge is 0.0622 e. The predicted molar refractivity (Wildman–Crippen MR) is 185 cm³/mol. The van der Waals surface area contributed by atoms with Gasteiger partial charge < -0.3 is 0 Å². The van der Waals surface area contributed by atoms with E-state index in [1.165, 1.54) is 88.3 Å². The Morgan fingerprint density at radius 2 is 0.953 bits per heavy atom. The van der Waals surface area contributed by atoms with Gasteiger partial charge in [-0.25, -0.2) is 0 Å². The molecular weight excluding hydrogens is 516 g/mol. The molecule has 43 heavy (non-hydrogen) atoms. The number of fused-ring (bicyclic) bond motifs is 5. The first-order valence-corrected chi connectivity index (χ1v) is 15.3. The lowest BCUT2D eigenvalue weighted by molar-refractivity contribution is 0.660. The molecule has 0 saturated carbocycles. The normalized spacial score (nSPS) is 13.3. The zero-order valence-corrected chi connectivity index (χ0v) is 25.2. The lowest BCUT2D eigenvalue weighted by atomic mass is 9.81. The Balaban J connectivity index is 1.49. The van der Waals surface area contributed by atoms with Gasteiger partial charge in [-0.05, 0) is 114 Å². The average molecular weight is 551 g/mol. The van der Waals surface area contributed by atoms with Gasteiger partial charge in [0.25, 0.3) is 0 Å². The second-order valence-electron chi connectivity index (χ2n) is 12.7. The number of aryl methyl sites for hydroxylation is 2. The third kappa shape index (κ3) is 3.90. The van der Waals surface area contributed by atoms with Crippen LogP contribution in [0.2, 0.25) is 0 Å². The molecule has 0 amide bonds. The molecule has 1 aliphatic carbocycles. The average Bonchev–Trinajstić information content (AvgIpc) is 3.27. The third-order valence-electron chi connectivity index (χ3n) is 9.80. The molecule has 0 heteroatoms. The number of benzene rings is 7.